The van der Waals surface area contributed by atoms with Gasteiger partial charge in [0.25, 0.3) is 0 Å². The number of aliphatic hydroxyl groups excluding tert-OH is 1. The van der Waals surface area contributed by atoms with Gasteiger partial charge in [-0.15, -0.1) is 0 Å². The maximum atomic E-state index is 11.1. The summed E-state index contributed by atoms with van der Waals surface area (Å²) in [6.07, 6.45) is 0.283. The molecule has 0 spiro atoms. The molecule has 0 radical (unpaired) electrons. The third-order valence-corrected chi connectivity index (χ3v) is 3.47. The second-order valence-corrected chi connectivity index (χ2v) is 4.89. The summed E-state index contributed by atoms with van der Waals surface area (Å²) in [6, 6.07) is 9.57. The van der Waals surface area contributed by atoms with Crippen molar-refractivity contribution in [3.8, 4) is 0 Å². The molecule has 4 N–H and O–H groups in total. The highest BCUT2D eigenvalue weighted by Gasteiger charge is 2.46. The minimum Gasteiger partial charge on any atom is -0.480 e. The van der Waals surface area contributed by atoms with E-state index < -0.39 is 11.5 Å². The highest BCUT2D eigenvalue weighted by Crippen LogP contribution is 2.26. The molecule has 98 valence electrons. The van der Waals surface area contributed by atoms with Gasteiger partial charge in [0, 0.05) is 19.1 Å². The molecule has 1 aromatic carbocycles. The zero-order chi connectivity index (χ0) is 13.2. The van der Waals surface area contributed by atoms with Crippen LogP contribution in [0.4, 0.5) is 0 Å². The Kier molecular flexibility index (Phi) is 3.65. The summed E-state index contributed by atoms with van der Waals surface area (Å²) in [7, 11) is 0. The second kappa shape index (κ2) is 5.06. The van der Waals surface area contributed by atoms with Gasteiger partial charge in [-0.25, -0.2) is 0 Å². The number of benzene rings is 1. The van der Waals surface area contributed by atoms with Crippen molar-refractivity contribution in [3.63, 3.8) is 0 Å². The fraction of sp³-hybridized carbons (Fsp3) is 0.462. The first-order valence-electron chi connectivity index (χ1n) is 5.96. The quantitative estimate of drug-likeness (QED) is 0.702. The number of carboxylic acid groups (broad SMARTS) is 1. The van der Waals surface area contributed by atoms with Gasteiger partial charge < -0.3 is 15.9 Å². The van der Waals surface area contributed by atoms with Gasteiger partial charge in [0.05, 0.1) is 6.61 Å². The number of nitrogens with two attached hydrogens (primary N) is 1. The molecule has 1 heterocycles. The molecule has 0 amide bonds. The zero-order valence-corrected chi connectivity index (χ0v) is 10.1. The van der Waals surface area contributed by atoms with E-state index in [1.807, 2.05) is 35.2 Å². The van der Waals surface area contributed by atoms with E-state index in [1.54, 1.807) is 0 Å². The van der Waals surface area contributed by atoms with Crippen LogP contribution in [0, 0.1) is 0 Å². The topological polar surface area (TPSA) is 86.8 Å². The summed E-state index contributed by atoms with van der Waals surface area (Å²) in [5, 5.41) is 18.5. The van der Waals surface area contributed by atoms with Crippen LogP contribution in [0.2, 0.25) is 0 Å². The summed E-state index contributed by atoms with van der Waals surface area (Å²) in [6.45, 7) is 0.805. The first-order valence-corrected chi connectivity index (χ1v) is 5.96. The van der Waals surface area contributed by atoms with Gasteiger partial charge >= 0.3 is 5.97 Å². The molecule has 5 heteroatoms. The van der Waals surface area contributed by atoms with Crippen LogP contribution in [0.1, 0.15) is 12.0 Å². The van der Waals surface area contributed by atoms with E-state index >= 15 is 0 Å². The molecule has 1 aromatic rings. The Labute approximate surface area is 106 Å². The van der Waals surface area contributed by atoms with Gasteiger partial charge in [-0.05, 0) is 12.0 Å². The number of carbonyl (C=O) groups is 1. The second-order valence-electron chi connectivity index (χ2n) is 4.89. The van der Waals surface area contributed by atoms with Crippen molar-refractivity contribution in [1.29, 1.82) is 0 Å². The molecule has 18 heavy (non-hydrogen) atoms. The van der Waals surface area contributed by atoms with E-state index in [0.29, 0.717) is 6.54 Å². The summed E-state index contributed by atoms with van der Waals surface area (Å²) in [4.78, 5) is 13.1. The molecule has 1 aliphatic heterocycles. The van der Waals surface area contributed by atoms with E-state index in [9.17, 15) is 9.90 Å². The van der Waals surface area contributed by atoms with E-state index in [-0.39, 0.29) is 25.6 Å². The van der Waals surface area contributed by atoms with Gasteiger partial charge in [0.2, 0.25) is 0 Å². The number of likely N-dealkylation sites (tertiary alicyclic amines) is 1. The number of aliphatic carboxylic acids is 1. The molecule has 0 bridgehead atoms. The average Bonchev–Trinajstić information content (AvgIpc) is 2.68. The molecule has 1 aliphatic rings. The van der Waals surface area contributed by atoms with Crippen molar-refractivity contribution in [1.82, 2.24) is 4.90 Å². The first-order chi connectivity index (χ1) is 8.55. The Morgan fingerprint density at radius 2 is 2.11 bits per heavy atom. The Morgan fingerprint density at radius 1 is 1.44 bits per heavy atom. The highest BCUT2D eigenvalue weighted by molar-refractivity contribution is 5.79. The average molecular weight is 250 g/mol. The number of aliphatic hydroxyl groups is 1. The highest BCUT2D eigenvalue weighted by atomic mass is 16.4. The molecule has 2 atom stereocenters. The molecule has 1 fully saturated rings. The summed E-state index contributed by atoms with van der Waals surface area (Å²) in [5.41, 5.74) is 5.70. The minimum atomic E-state index is -1.25. The van der Waals surface area contributed by atoms with E-state index in [2.05, 4.69) is 0 Å². The standard InChI is InChI=1S/C13H18N2O3/c14-13(12(17)18)6-11(8-16)15(9-13)7-10-4-2-1-3-5-10/h1-5,11,16H,6-9,14H2,(H,17,18)/t11-,13+/m0/s1. The van der Waals surface area contributed by atoms with Gasteiger partial charge in [-0.2, -0.15) is 0 Å². The maximum absolute atomic E-state index is 11.1. The molecule has 1 saturated heterocycles. The van der Waals surface area contributed by atoms with Gasteiger partial charge in [0.15, 0.2) is 0 Å². The lowest BCUT2D eigenvalue weighted by molar-refractivity contribution is -0.142. The lowest BCUT2D eigenvalue weighted by Crippen LogP contribution is -2.50. The van der Waals surface area contributed by atoms with E-state index in [1.165, 1.54) is 0 Å². The summed E-state index contributed by atoms with van der Waals surface area (Å²) >= 11 is 0. The molecule has 0 unspecified atom stereocenters. The molecule has 0 aromatic heterocycles. The number of hydrogen-bond donors (Lipinski definition) is 3. The van der Waals surface area contributed by atoms with Crippen molar-refractivity contribution in [2.24, 2.45) is 5.73 Å². The lowest BCUT2D eigenvalue weighted by atomic mass is 9.98. The van der Waals surface area contributed by atoms with Crippen LogP contribution in [-0.4, -0.2) is 45.8 Å². The maximum Gasteiger partial charge on any atom is 0.325 e. The van der Waals surface area contributed by atoms with Crippen molar-refractivity contribution >= 4 is 5.97 Å². The van der Waals surface area contributed by atoms with Crippen LogP contribution in [-0.2, 0) is 11.3 Å². The predicted octanol–water partition coefficient (Wildman–Crippen LogP) is 0.0353. The fourth-order valence-corrected chi connectivity index (χ4v) is 2.44. The molecule has 0 saturated carbocycles. The first kappa shape index (κ1) is 13.0. The molecular weight excluding hydrogens is 232 g/mol. The third-order valence-electron chi connectivity index (χ3n) is 3.47. The number of nitrogens with zero attached hydrogens (tertiary/aromatic N) is 1. The number of rotatable bonds is 4. The van der Waals surface area contributed by atoms with Crippen LogP contribution < -0.4 is 5.73 Å². The SMILES string of the molecule is N[C@]1(C(=O)O)C[C@@H](CO)N(Cc2ccccc2)C1. The Morgan fingerprint density at radius 3 is 2.67 bits per heavy atom. The van der Waals surface area contributed by atoms with E-state index in [0.717, 1.165) is 5.56 Å². The van der Waals surface area contributed by atoms with Gasteiger partial charge in [-0.3, -0.25) is 9.69 Å². The minimum absolute atomic E-state index is 0.0704. The van der Waals surface area contributed by atoms with Crippen LogP contribution in [0.25, 0.3) is 0 Å². The largest absolute Gasteiger partial charge is 0.480 e. The van der Waals surface area contributed by atoms with Gasteiger partial charge in [-0.1, -0.05) is 30.3 Å². The zero-order valence-electron chi connectivity index (χ0n) is 10.1. The Hall–Kier alpha value is -1.43. The normalized spacial score (nSPS) is 28.4. The Bertz CT molecular complexity index is 424. The van der Waals surface area contributed by atoms with Crippen molar-refractivity contribution in [3.05, 3.63) is 35.9 Å². The molecule has 2 rings (SSSR count). The van der Waals surface area contributed by atoms with Crippen molar-refractivity contribution in [2.75, 3.05) is 13.2 Å². The van der Waals surface area contributed by atoms with Gasteiger partial charge in [0.1, 0.15) is 5.54 Å². The summed E-state index contributed by atoms with van der Waals surface area (Å²) < 4.78 is 0. The smallest absolute Gasteiger partial charge is 0.325 e. The van der Waals surface area contributed by atoms with Crippen LogP contribution >= 0.6 is 0 Å². The molecule has 5 nitrogen and oxygen atoms in total. The molecular formula is C13H18N2O3. The summed E-state index contributed by atoms with van der Waals surface area (Å²) in [5.74, 6) is -1.00. The van der Waals surface area contributed by atoms with Crippen molar-refractivity contribution in [2.45, 2.75) is 24.5 Å². The fourth-order valence-electron chi connectivity index (χ4n) is 2.44. The number of hydrogen-bond acceptors (Lipinski definition) is 4. The predicted molar refractivity (Wildman–Crippen MR) is 66.9 cm³/mol. The van der Waals surface area contributed by atoms with Crippen LogP contribution in [0.5, 0.6) is 0 Å². The van der Waals surface area contributed by atoms with Crippen LogP contribution in [0.3, 0.4) is 0 Å². The van der Waals surface area contributed by atoms with E-state index in [4.69, 9.17) is 10.8 Å². The lowest BCUT2D eigenvalue weighted by Gasteiger charge is -2.22. The monoisotopic (exact) mass is 250 g/mol. The third kappa shape index (κ3) is 2.53. The van der Waals surface area contributed by atoms with Crippen LogP contribution in [0.15, 0.2) is 30.3 Å². The number of carboxylic acids is 1. The van der Waals surface area contributed by atoms with Crippen molar-refractivity contribution < 1.29 is 15.0 Å². The Balaban J connectivity index is 2.11. The molecule has 0 aliphatic carbocycles.